The van der Waals surface area contributed by atoms with Crippen molar-refractivity contribution in [3.8, 4) is 11.3 Å². The van der Waals surface area contributed by atoms with Gasteiger partial charge in [-0.1, -0.05) is 65.6 Å². The first kappa shape index (κ1) is 21.0. The number of alkyl halides is 1. The summed E-state index contributed by atoms with van der Waals surface area (Å²) < 4.78 is 6.84. The van der Waals surface area contributed by atoms with Gasteiger partial charge in [0.25, 0.3) is 11.6 Å². The van der Waals surface area contributed by atoms with E-state index in [1.165, 1.54) is 17.8 Å². The number of carbonyl (C=O) groups is 1. The van der Waals surface area contributed by atoms with Gasteiger partial charge in [-0.2, -0.15) is 0 Å². The van der Waals surface area contributed by atoms with Crippen molar-refractivity contribution < 1.29 is 14.1 Å². The molecule has 9 heteroatoms. The maximum absolute atomic E-state index is 12.6. The Morgan fingerprint density at radius 3 is 2.82 bits per heavy atom. The third-order valence-corrected chi connectivity index (χ3v) is 6.12. The molecule has 0 aliphatic carbocycles. The first-order valence-corrected chi connectivity index (χ1v) is 11.1. The zero-order valence-electron chi connectivity index (χ0n) is 15.0. The van der Waals surface area contributed by atoms with Crippen molar-refractivity contribution in [2.24, 2.45) is 0 Å². The number of nitrogens with zero attached hydrogens (tertiary/aromatic N) is 2. The van der Waals surface area contributed by atoms with Crippen molar-refractivity contribution in [1.82, 2.24) is 4.90 Å². The minimum absolute atomic E-state index is 0.0285. The first-order chi connectivity index (χ1) is 13.4. The third-order valence-electron chi connectivity index (χ3n) is 4.12. The predicted molar refractivity (Wildman–Crippen MR) is 123 cm³/mol. The van der Waals surface area contributed by atoms with Crippen LogP contribution < -0.4 is 0 Å². The molecule has 1 aliphatic heterocycles. The topological polar surface area (TPSA) is 76.6 Å². The van der Waals surface area contributed by atoms with Gasteiger partial charge in [-0.15, -0.1) is 0 Å². The zero-order valence-corrected chi connectivity index (χ0v) is 18.8. The fourth-order valence-electron chi connectivity index (χ4n) is 2.77. The van der Waals surface area contributed by atoms with Crippen molar-refractivity contribution in [2.45, 2.75) is 23.7 Å². The monoisotopic (exact) mass is 528 g/mol. The van der Waals surface area contributed by atoms with E-state index >= 15 is 0 Å². The van der Waals surface area contributed by atoms with Crippen molar-refractivity contribution in [1.29, 1.82) is 0 Å². The SMILES string of the molecule is CC(I)CCCN1C(=O)/C(=C\c2ccc(-c3ccccc3[N+](=O)[O-])o2)SC1=S. The Balaban J connectivity index is 1.78. The lowest BCUT2D eigenvalue weighted by atomic mass is 10.1. The van der Waals surface area contributed by atoms with Gasteiger partial charge < -0.3 is 4.42 Å². The van der Waals surface area contributed by atoms with Crippen LogP contribution >= 0.6 is 46.6 Å². The van der Waals surface area contributed by atoms with Crippen molar-refractivity contribution >= 4 is 68.6 Å². The highest BCUT2D eigenvalue weighted by Crippen LogP contribution is 2.35. The van der Waals surface area contributed by atoms with E-state index < -0.39 is 4.92 Å². The number of rotatable bonds is 7. The largest absolute Gasteiger partial charge is 0.456 e. The van der Waals surface area contributed by atoms with Crippen molar-refractivity contribution in [2.75, 3.05) is 6.54 Å². The molecule has 146 valence electrons. The highest BCUT2D eigenvalue weighted by molar-refractivity contribution is 14.1. The Morgan fingerprint density at radius 2 is 2.11 bits per heavy atom. The van der Waals surface area contributed by atoms with Gasteiger partial charge in [0.15, 0.2) is 0 Å². The summed E-state index contributed by atoms with van der Waals surface area (Å²) in [7, 11) is 0. The smallest absolute Gasteiger partial charge is 0.280 e. The molecular weight excluding hydrogens is 511 g/mol. The van der Waals surface area contributed by atoms with E-state index in [2.05, 4.69) is 29.5 Å². The standard InChI is InChI=1S/C19H17IN2O4S2/c1-12(20)5-4-10-21-18(23)17(28-19(21)27)11-13-8-9-16(26-13)14-6-2-3-7-15(14)22(24)25/h2-3,6-9,11-12H,4-5,10H2,1H3/b17-11+. The first-order valence-electron chi connectivity index (χ1n) is 8.60. The molecule has 2 aromatic rings. The van der Waals surface area contributed by atoms with Gasteiger partial charge in [-0.3, -0.25) is 19.8 Å². The highest BCUT2D eigenvalue weighted by atomic mass is 127. The number of nitro benzene ring substituents is 1. The van der Waals surface area contributed by atoms with Crippen LogP contribution in [0.4, 0.5) is 5.69 Å². The molecule has 1 fully saturated rings. The van der Waals surface area contributed by atoms with Crippen LogP contribution in [0.1, 0.15) is 25.5 Å². The molecule has 0 radical (unpaired) electrons. The third kappa shape index (κ3) is 4.81. The fraction of sp³-hybridized carbons (Fsp3) is 0.263. The number of halogens is 1. The molecule has 3 rings (SSSR count). The van der Waals surface area contributed by atoms with E-state index in [4.69, 9.17) is 16.6 Å². The van der Waals surface area contributed by atoms with Crippen LogP contribution in [0.5, 0.6) is 0 Å². The molecule has 0 saturated carbocycles. The molecule has 1 aromatic heterocycles. The van der Waals surface area contributed by atoms with Gasteiger partial charge in [0.2, 0.25) is 0 Å². The summed E-state index contributed by atoms with van der Waals surface area (Å²) in [5.41, 5.74) is 0.367. The number of para-hydroxylation sites is 1. The molecule has 0 N–H and O–H groups in total. The molecule has 6 nitrogen and oxygen atoms in total. The van der Waals surface area contributed by atoms with Gasteiger partial charge in [0, 0.05) is 22.6 Å². The lowest BCUT2D eigenvalue weighted by Crippen LogP contribution is -2.29. The lowest BCUT2D eigenvalue weighted by Gasteiger charge is -2.14. The molecule has 28 heavy (non-hydrogen) atoms. The van der Waals surface area contributed by atoms with E-state index in [1.54, 1.807) is 41.3 Å². The van der Waals surface area contributed by atoms with Crippen LogP contribution in [0.15, 0.2) is 45.7 Å². The van der Waals surface area contributed by atoms with Crippen LogP contribution in [0.25, 0.3) is 17.4 Å². The second kappa shape index (κ2) is 9.19. The van der Waals surface area contributed by atoms with Gasteiger partial charge in [-0.05, 0) is 31.0 Å². The lowest BCUT2D eigenvalue weighted by molar-refractivity contribution is -0.384. The number of hydrogen-bond acceptors (Lipinski definition) is 6. The van der Waals surface area contributed by atoms with E-state index in [-0.39, 0.29) is 11.6 Å². The van der Waals surface area contributed by atoms with Crippen molar-refractivity contribution in [3.05, 3.63) is 57.2 Å². The van der Waals surface area contributed by atoms with E-state index in [0.29, 0.717) is 36.8 Å². The maximum Gasteiger partial charge on any atom is 0.280 e. The van der Waals surface area contributed by atoms with E-state index in [9.17, 15) is 14.9 Å². The maximum atomic E-state index is 12.6. The summed E-state index contributed by atoms with van der Waals surface area (Å²) in [4.78, 5) is 25.5. The Morgan fingerprint density at radius 1 is 1.36 bits per heavy atom. The second-order valence-corrected chi connectivity index (χ2v) is 10.0. The minimum atomic E-state index is -0.445. The molecule has 1 aromatic carbocycles. The van der Waals surface area contributed by atoms with Gasteiger partial charge in [0.05, 0.1) is 15.4 Å². The van der Waals surface area contributed by atoms with Gasteiger partial charge in [-0.25, -0.2) is 0 Å². The Kier molecular flexibility index (Phi) is 6.89. The summed E-state index contributed by atoms with van der Waals surface area (Å²) in [6.07, 6.45) is 3.55. The number of carbonyl (C=O) groups excluding carboxylic acids is 1. The molecule has 1 amide bonds. The molecule has 1 saturated heterocycles. The summed E-state index contributed by atoms with van der Waals surface area (Å²) in [6, 6.07) is 9.74. The number of benzene rings is 1. The van der Waals surface area contributed by atoms with E-state index in [0.717, 1.165) is 12.8 Å². The van der Waals surface area contributed by atoms with Crippen LogP contribution in [-0.4, -0.2) is 30.5 Å². The molecule has 0 bridgehead atoms. The number of nitro groups is 1. The summed E-state index contributed by atoms with van der Waals surface area (Å²) in [5.74, 6) is 0.708. The molecule has 2 heterocycles. The normalized spacial score (nSPS) is 16.8. The van der Waals surface area contributed by atoms with Crippen LogP contribution in [0, 0.1) is 10.1 Å². The zero-order chi connectivity index (χ0) is 20.3. The van der Waals surface area contributed by atoms with Gasteiger partial charge >= 0.3 is 0 Å². The van der Waals surface area contributed by atoms with Crippen LogP contribution in [0.3, 0.4) is 0 Å². The number of thioether (sulfide) groups is 1. The molecular formula is C19H17IN2O4S2. The molecule has 1 aliphatic rings. The molecule has 0 spiro atoms. The number of thiocarbonyl (C=S) groups is 1. The Hall–Kier alpha value is -1.72. The highest BCUT2D eigenvalue weighted by Gasteiger charge is 2.32. The Bertz CT molecular complexity index is 955. The molecule has 1 unspecified atom stereocenters. The quantitative estimate of drug-likeness (QED) is 0.115. The minimum Gasteiger partial charge on any atom is -0.456 e. The summed E-state index contributed by atoms with van der Waals surface area (Å²) in [5, 5.41) is 11.2. The molecule has 1 atom stereocenters. The number of hydrogen-bond donors (Lipinski definition) is 0. The van der Waals surface area contributed by atoms with Gasteiger partial charge in [0.1, 0.15) is 15.8 Å². The van der Waals surface area contributed by atoms with Crippen molar-refractivity contribution in [3.63, 3.8) is 0 Å². The fourth-order valence-corrected chi connectivity index (χ4v) is 4.50. The summed E-state index contributed by atoms with van der Waals surface area (Å²) >= 11 is 8.95. The number of amides is 1. The summed E-state index contributed by atoms with van der Waals surface area (Å²) in [6.45, 7) is 2.74. The second-order valence-electron chi connectivity index (χ2n) is 6.23. The average Bonchev–Trinajstić information content (AvgIpc) is 3.21. The number of furan rings is 1. The Labute approximate surface area is 185 Å². The average molecular weight is 528 g/mol. The predicted octanol–water partition coefficient (Wildman–Crippen LogP) is 5.66. The van der Waals surface area contributed by atoms with E-state index in [1.807, 2.05) is 0 Å². The van der Waals surface area contributed by atoms with Crippen LogP contribution in [0.2, 0.25) is 0 Å². The van der Waals surface area contributed by atoms with Crippen LogP contribution in [-0.2, 0) is 4.79 Å².